The molecule has 1 aromatic carbocycles. The van der Waals surface area contributed by atoms with Gasteiger partial charge < -0.3 is 14.5 Å². The van der Waals surface area contributed by atoms with E-state index in [1.54, 1.807) is 7.11 Å². The fourth-order valence-corrected chi connectivity index (χ4v) is 2.70. The van der Waals surface area contributed by atoms with Gasteiger partial charge >= 0.3 is 0 Å². The minimum atomic E-state index is 0.790. The Morgan fingerprint density at radius 3 is 2.60 bits per heavy atom. The summed E-state index contributed by atoms with van der Waals surface area (Å²) in [5, 5.41) is 0. The lowest BCUT2D eigenvalue weighted by Crippen LogP contribution is -2.44. The van der Waals surface area contributed by atoms with Gasteiger partial charge in [-0.25, -0.2) is 0 Å². The van der Waals surface area contributed by atoms with Gasteiger partial charge in [0.05, 0.1) is 25.1 Å². The molecule has 0 radical (unpaired) electrons. The molecule has 2 aliphatic heterocycles. The first-order valence-corrected chi connectivity index (χ1v) is 7.11. The second-order valence-electron chi connectivity index (χ2n) is 5.31. The fraction of sp³-hybridized carbons (Fsp3) is 0.438. The van der Waals surface area contributed by atoms with Gasteiger partial charge in [0.1, 0.15) is 5.75 Å². The molecule has 0 spiro atoms. The minimum Gasteiger partial charge on any atom is -0.495 e. The van der Waals surface area contributed by atoms with Gasteiger partial charge in [-0.3, -0.25) is 4.99 Å². The number of piperazine rings is 1. The number of hydrogen-bond donors (Lipinski definition) is 0. The first-order valence-electron chi connectivity index (χ1n) is 7.11. The van der Waals surface area contributed by atoms with Gasteiger partial charge in [0.2, 0.25) is 0 Å². The SMILES string of the molecule is COc1cc(C2=NCC=C2)ccc1N1CCN(C)CC1. The molecule has 0 saturated carbocycles. The molecule has 4 nitrogen and oxygen atoms in total. The van der Waals surface area contributed by atoms with E-state index in [1.807, 2.05) is 0 Å². The summed E-state index contributed by atoms with van der Waals surface area (Å²) in [7, 11) is 3.91. The van der Waals surface area contributed by atoms with E-state index in [4.69, 9.17) is 4.74 Å². The largest absolute Gasteiger partial charge is 0.495 e. The van der Waals surface area contributed by atoms with Crippen molar-refractivity contribution in [2.45, 2.75) is 0 Å². The van der Waals surface area contributed by atoms with Crippen LogP contribution in [0.2, 0.25) is 0 Å². The zero-order chi connectivity index (χ0) is 13.9. The molecule has 2 heterocycles. The molecular weight excluding hydrogens is 250 g/mol. The molecule has 0 atom stereocenters. The molecule has 0 aromatic heterocycles. The molecule has 4 heteroatoms. The average Bonchev–Trinajstić information content (AvgIpc) is 3.02. The van der Waals surface area contributed by atoms with Crippen LogP contribution in [0.15, 0.2) is 35.3 Å². The third-order valence-corrected chi connectivity index (χ3v) is 3.96. The minimum absolute atomic E-state index is 0.790. The Labute approximate surface area is 120 Å². The van der Waals surface area contributed by atoms with Gasteiger partial charge in [0.25, 0.3) is 0 Å². The Bertz CT molecular complexity index is 543. The molecule has 1 saturated heterocycles. The van der Waals surface area contributed by atoms with Crippen LogP contribution in [0.1, 0.15) is 5.56 Å². The van der Waals surface area contributed by atoms with Crippen molar-refractivity contribution in [3.63, 3.8) is 0 Å². The van der Waals surface area contributed by atoms with E-state index in [1.165, 1.54) is 5.69 Å². The predicted molar refractivity (Wildman–Crippen MR) is 83.2 cm³/mol. The molecular formula is C16H21N3O. The standard InChI is InChI=1S/C16H21N3O/c1-18-8-10-19(11-9-18)15-6-5-13(12-16(15)20-2)14-4-3-7-17-14/h3-6,12H,7-11H2,1-2H3. The van der Waals surface area contributed by atoms with Gasteiger partial charge in [0.15, 0.2) is 0 Å². The van der Waals surface area contributed by atoms with Crippen molar-refractivity contribution in [2.75, 3.05) is 51.8 Å². The highest BCUT2D eigenvalue weighted by Gasteiger charge is 2.18. The summed E-state index contributed by atoms with van der Waals surface area (Å²) in [5.74, 6) is 0.940. The van der Waals surface area contributed by atoms with Crippen LogP contribution in [-0.4, -0.2) is 57.5 Å². The monoisotopic (exact) mass is 271 g/mol. The van der Waals surface area contributed by atoms with Crippen LogP contribution < -0.4 is 9.64 Å². The van der Waals surface area contributed by atoms with Crippen molar-refractivity contribution < 1.29 is 4.74 Å². The van der Waals surface area contributed by atoms with Crippen LogP contribution in [0.5, 0.6) is 5.75 Å². The Hall–Kier alpha value is -1.81. The summed E-state index contributed by atoms with van der Waals surface area (Å²) in [5.41, 5.74) is 3.37. The van der Waals surface area contributed by atoms with Gasteiger partial charge in [-0.15, -0.1) is 0 Å². The zero-order valence-electron chi connectivity index (χ0n) is 12.2. The summed E-state index contributed by atoms with van der Waals surface area (Å²) in [6.07, 6.45) is 4.15. The Morgan fingerprint density at radius 1 is 1.15 bits per heavy atom. The first-order chi connectivity index (χ1) is 9.78. The van der Waals surface area contributed by atoms with Gasteiger partial charge in [-0.2, -0.15) is 0 Å². The van der Waals surface area contributed by atoms with Crippen molar-refractivity contribution in [3.8, 4) is 5.75 Å². The summed E-state index contributed by atoms with van der Waals surface area (Å²) >= 11 is 0. The molecule has 0 amide bonds. The quantitative estimate of drug-likeness (QED) is 0.839. The number of aliphatic imine (C=N–C) groups is 1. The zero-order valence-corrected chi connectivity index (χ0v) is 12.2. The van der Waals surface area contributed by atoms with Crippen molar-refractivity contribution in [1.29, 1.82) is 0 Å². The molecule has 0 unspecified atom stereocenters. The van der Waals surface area contributed by atoms with E-state index >= 15 is 0 Å². The number of benzene rings is 1. The molecule has 106 valence electrons. The Balaban J connectivity index is 1.86. The van der Waals surface area contributed by atoms with Crippen LogP contribution in [0.3, 0.4) is 0 Å². The van der Waals surface area contributed by atoms with E-state index < -0.39 is 0 Å². The van der Waals surface area contributed by atoms with Gasteiger partial charge in [-0.05, 0) is 25.3 Å². The van der Waals surface area contributed by atoms with Crippen molar-refractivity contribution in [3.05, 3.63) is 35.9 Å². The summed E-state index contributed by atoms with van der Waals surface area (Å²) in [6.45, 7) is 5.08. The van der Waals surface area contributed by atoms with Crippen LogP contribution >= 0.6 is 0 Å². The molecule has 20 heavy (non-hydrogen) atoms. The predicted octanol–water partition coefficient (Wildman–Crippen LogP) is 1.81. The van der Waals surface area contributed by atoms with Crippen LogP contribution in [-0.2, 0) is 0 Å². The first kappa shape index (κ1) is 13.2. The van der Waals surface area contributed by atoms with Crippen LogP contribution in [0.4, 0.5) is 5.69 Å². The molecule has 0 aliphatic carbocycles. The number of ether oxygens (including phenoxy) is 1. The summed E-state index contributed by atoms with van der Waals surface area (Å²) < 4.78 is 5.59. The number of anilines is 1. The van der Waals surface area contributed by atoms with E-state index in [2.05, 4.69) is 52.2 Å². The number of methoxy groups -OCH3 is 1. The normalized spacial score (nSPS) is 19.3. The lowest BCUT2D eigenvalue weighted by molar-refractivity contribution is 0.311. The molecule has 3 rings (SSSR count). The smallest absolute Gasteiger partial charge is 0.142 e. The summed E-state index contributed by atoms with van der Waals surface area (Å²) in [4.78, 5) is 9.22. The maximum Gasteiger partial charge on any atom is 0.142 e. The van der Waals surface area contributed by atoms with E-state index in [-0.39, 0.29) is 0 Å². The molecule has 1 aromatic rings. The van der Waals surface area contributed by atoms with E-state index in [9.17, 15) is 0 Å². The number of likely N-dealkylation sites (N-methyl/N-ethyl adjacent to an activating group) is 1. The topological polar surface area (TPSA) is 28.1 Å². The van der Waals surface area contributed by atoms with Gasteiger partial charge in [-0.1, -0.05) is 12.1 Å². The highest BCUT2D eigenvalue weighted by atomic mass is 16.5. The van der Waals surface area contributed by atoms with Crippen LogP contribution in [0, 0.1) is 0 Å². The average molecular weight is 271 g/mol. The number of rotatable bonds is 3. The molecule has 2 aliphatic rings. The number of nitrogens with zero attached hydrogens (tertiary/aromatic N) is 3. The van der Waals surface area contributed by atoms with Gasteiger partial charge in [0, 0.05) is 31.7 Å². The summed E-state index contributed by atoms with van der Waals surface area (Å²) in [6, 6.07) is 6.40. The highest BCUT2D eigenvalue weighted by Crippen LogP contribution is 2.30. The molecule has 0 N–H and O–H groups in total. The maximum atomic E-state index is 5.59. The molecule has 1 fully saturated rings. The number of hydrogen-bond acceptors (Lipinski definition) is 4. The second-order valence-corrected chi connectivity index (χ2v) is 5.31. The Kier molecular flexibility index (Phi) is 3.74. The maximum absolute atomic E-state index is 5.59. The Morgan fingerprint density at radius 2 is 1.95 bits per heavy atom. The van der Waals surface area contributed by atoms with Crippen molar-refractivity contribution in [1.82, 2.24) is 4.90 Å². The number of allylic oxidation sites excluding steroid dienone is 1. The second kappa shape index (κ2) is 5.67. The van der Waals surface area contributed by atoms with E-state index in [0.29, 0.717) is 0 Å². The third-order valence-electron chi connectivity index (χ3n) is 3.96. The molecule has 0 bridgehead atoms. The fourth-order valence-electron chi connectivity index (χ4n) is 2.70. The van der Waals surface area contributed by atoms with Crippen LogP contribution in [0.25, 0.3) is 0 Å². The van der Waals surface area contributed by atoms with Crippen molar-refractivity contribution >= 4 is 11.4 Å². The lowest BCUT2D eigenvalue weighted by Gasteiger charge is -2.34. The highest BCUT2D eigenvalue weighted by molar-refractivity contribution is 6.10. The lowest BCUT2D eigenvalue weighted by atomic mass is 10.1. The van der Waals surface area contributed by atoms with E-state index in [0.717, 1.165) is 49.7 Å². The van der Waals surface area contributed by atoms with Crippen molar-refractivity contribution in [2.24, 2.45) is 4.99 Å². The third kappa shape index (κ3) is 2.56.